The maximum atomic E-state index is 5.07. The summed E-state index contributed by atoms with van der Waals surface area (Å²) in [5, 5.41) is 3.09. The molecule has 0 saturated heterocycles. The van der Waals surface area contributed by atoms with Crippen molar-refractivity contribution in [2.24, 2.45) is 0 Å². The molecule has 0 amide bonds. The number of aryl methyl sites for hydroxylation is 1. The van der Waals surface area contributed by atoms with Gasteiger partial charge in [-0.05, 0) is 30.7 Å². The second-order valence-corrected chi connectivity index (χ2v) is 2.43. The summed E-state index contributed by atoms with van der Waals surface area (Å²) in [6.45, 7) is 2.05. The Hall–Kier alpha value is -0.890. The highest BCUT2D eigenvalue weighted by atomic mass is 35.5. The van der Waals surface area contributed by atoms with E-state index in [1.54, 1.807) is 7.11 Å². The van der Waals surface area contributed by atoms with Crippen molar-refractivity contribution in [1.82, 2.24) is 0 Å². The molecule has 0 aliphatic heterocycles. The van der Waals surface area contributed by atoms with Gasteiger partial charge in [-0.15, -0.1) is 12.4 Å². The van der Waals surface area contributed by atoms with Crippen LogP contribution in [0.4, 0.5) is 5.69 Å². The number of rotatable bonds is 2. The van der Waals surface area contributed by atoms with Gasteiger partial charge in [-0.25, -0.2) is 0 Å². The molecule has 68 valence electrons. The van der Waals surface area contributed by atoms with Gasteiger partial charge in [-0.1, -0.05) is 0 Å². The first-order chi connectivity index (χ1) is 5.27. The molecule has 1 aromatic rings. The van der Waals surface area contributed by atoms with Crippen LogP contribution < -0.4 is 10.1 Å². The number of methoxy groups -OCH3 is 1. The third kappa shape index (κ3) is 2.31. The van der Waals surface area contributed by atoms with Crippen LogP contribution in [0, 0.1) is 6.92 Å². The van der Waals surface area contributed by atoms with Gasteiger partial charge < -0.3 is 10.1 Å². The molecule has 0 aliphatic carbocycles. The maximum Gasteiger partial charge on any atom is 0.119 e. The summed E-state index contributed by atoms with van der Waals surface area (Å²) >= 11 is 0. The van der Waals surface area contributed by atoms with Gasteiger partial charge in [0.15, 0.2) is 0 Å². The monoisotopic (exact) mass is 187 g/mol. The van der Waals surface area contributed by atoms with Crippen molar-refractivity contribution in [1.29, 1.82) is 0 Å². The van der Waals surface area contributed by atoms with Crippen LogP contribution in [-0.4, -0.2) is 14.2 Å². The molecule has 2 nitrogen and oxygen atoms in total. The highest BCUT2D eigenvalue weighted by Crippen LogP contribution is 2.19. The smallest absolute Gasteiger partial charge is 0.119 e. The topological polar surface area (TPSA) is 21.3 Å². The number of ether oxygens (including phenoxy) is 1. The number of benzene rings is 1. The van der Waals surface area contributed by atoms with E-state index in [1.807, 2.05) is 32.2 Å². The van der Waals surface area contributed by atoms with Crippen molar-refractivity contribution in [3.8, 4) is 5.75 Å². The Balaban J connectivity index is 0.00000121. The van der Waals surface area contributed by atoms with E-state index >= 15 is 0 Å². The molecule has 0 fully saturated rings. The van der Waals surface area contributed by atoms with Gasteiger partial charge >= 0.3 is 0 Å². The lowest BCUT2D eigenvalue weighted by Crippen LogP contribution is -1.92. The minimum atomic E-state index is 0. The normalized spacial score (nSPS) is 8.58. The van der Waals surface area contributed by atoms with Gasteiger partial charge in [0.2, 0.25) is 0 Å². The minimum absolute atomic E-state index is 0. The summed E-state index contributed by atoms with van der Waals surface area (Å²) in [7, 11) is 3.59. The zero-order chi connectivity index (χ0) is 8.27. The van der Waals surface area contributed by atoms with Crippen molar-refractivity contribution in [3.63, 3.8) is 0 Å². The predicted molar refractivity (Wildman–Crippen MR) is 54.5 cm³/mol. The molecule has 0 heterocycles. The molecule has 3 heteroatoms. The third-order valence-corrected chi connectivity index (χ3v) is 1.70. The highest BCUT2D eigenvalue weighted by Gasteiger charge is 1.96. The van der Waals surface area contributed by atoms with E-state index in [0.717, 1.165) is 11.4 Å². The third-order valence-electron chi connectivity index (χ3n) is 1.70. The molecular formula is C9H14ClNO. The quantitative estimate of drug-likeness (QED) is 0.768. The van der Waals surface area contributed by atoms with Crippen LogP contribution in [0.15, 0.2) is 18.2 Å². The fourth-order valence-electron chi connectivity index (χ4n) is 1.04. The van der Waals surface area contributed by atoms with Crippen LogP contribution in [0.5, 0.6) is 5.75 Å². The van der Waals surface area contributed by atoms with E-state index < -0.39 is 0 Å². The number of anilines is 1. The van der Waals surface area contributed by atoms with Crippen molar-refractivity contribution in [2.45, 2.75) is 6.92 Å². The second kappa shape index (κ2) is 4.88. The van der Waals surface area contributed by atoms with Crippen LogP contribution in [0.3, 0.4) is 0 Å². The Kier molecular flexibility index (Phi) is 4.52. The zero-order valence-corrected chi connectivity index (χ0v) is 8.37. The van der Waals surface area contributed by atoms with Crippen molar-refractivity contribution >= 4 is 18.1 Å². The lowest BCUT2D eigenvalue weighted by Gasteiger charge is -2.06. The predicted octanol–water partition coefficient (Wildman–Crippen LogP) is 2.47. The summed E-state index contributed by atoms with van der Waals surface area (Å²) in [6, 6.07) is 5.96. The molecule has 0 saturated carbocycles. The van der Waals surface area contributed by atoms with Gasteiger partial charge in [0.1, 0.15) is 5.75 Å². The summed E-state index contributed by atoms with van der Waals surface area (Å²) < 4.78 is 5.07. The fourth-order valence-corrected chi connectivity index (χ4v) is 1.04. The van der Waals surface area contributed by atoms with E-state index in [9.17, 15) is 0 Å². The molecule has 1 aromatic carbocycles. The Morgan fingerprint density at radius 3 is 2.42 bits per heavy atom. The lowest BCUT2D eigenvalue weighted by atomic mass is 10.2. The van der Waals surface area contributed by atoms with E-state index in [0.29, 0.717) is 0 Å². The average Bonchev–Trinajstić information content (AvgIpc) is 2.04. The molecule has 0 atom stereocenters. The minimum Gasteiger partial charge on any atom is -0.497 e. The molecule has 0 aliphatic rings. The van der Waals surface area contributed by atoms with Gasteiger partial charge in [0.05, 0.1) is 7.11 Å². The van der Waals surface area contributed by atoms with Gasteiger partial charge in [0, 0.05) is 12.7 Å². The van der Waals surface area contributed by atoms with Crippen LogP contribution >= 0.6 is 12.4 Å². The van der Waals surface area contributed by atoms with Crippen LogP contribution in [0.1, 0.15) is 5.56 Å². The van der Waals surface area contributed by atoms with Crippen molar-refractivity contribution in [3.05, 3.63) is 23.8 Å². The van der Waals surface area contributed by atoms with Gasteiger partial charge in [0.25, 0.3) is 0 Å². The standard InChI is InChI=1S/C9H13NO.ClH/c1-7-6-8(11-3)4-5-9(7)10-2;/h4-6,10H,1-3H3;1H. The summed E-state index contributed by atoms with van der Waals surface area (Å²) in [5.41, 5.74) is 2.35. The largest absolute Gasteiger partial charge is 0.497 e. The Morgan fingerprint density at radius 1 is 1.33 bits per heavy atom. The SMILES string of the molecule is CNc1ccc(OC)cc1C.Cl. The maximum absolute atomic E-state index is 5.07. The first-order valence-electron chi connectivity index (χ1n) is 3.60. The number of hydrogen-bond donors (Lipinski definition) is 1. The van der Waals surface area contributed by atoms with Crippen LogP contribution in [0.2, 0.25) is 0 Å². The molecule has 0 unspecified atom stereocenters. The molecule has 0 spiro atoms. The summed E-state index contributed by atoms with van der Waals surface area (Å²) in [5.74, 6) is 0.904. The van der Waals surface area contributed by atoms with E-state index in [2.05, 4.69) is 5.32 Å². The van der Waals surface area contributed by atoms with Gasteiger partial charge in [-0.3, -0.25) is 0 Å². The molecule has 0 radical (unpaired) electrons. The highest BCUT2D eigenvalue weighted by molar-refractivity contribution is 5.85. The fraction of sp³-hybridized carbons (Fsp3) is 0.333. The molecular weight excluding hydrogens is 174 g/mol. The summed E-state index contributed by atoms with van der Waals surface area (Å²) in [4.78, 5) is 0. The van der Waals surface area contributed by atoms with E-state index in [4.69, 9.17) is 4.74 Å². The molecule has 1 rings (SSSR count). The molecule has 0 aromatic heterocycles. The molecule has 12 heavy (non-hydrogen) atoms. The Morgan fingerprint density at radius 2 is 2.00 bits per heavy atom. The second-order valence-electron chi connectivity index (χ2n) is 2.43. The molecule has 0 bridgehead atoms. The lowest BCUT2D eigenvalue weighted by molar-refractivity contribution is 0.414. The summed E-state index contributed by atoms with van der Waals surface area (Å²) in [6.07, 6.45) is 0. The Bertz CT molecular complexity index is 250. The van der Waals surface area contributed by atoms with Crippen LogP contribution in [0.25, 0.3) is 0 Å². The van der Waals surface area contributed by atoms with Crippen molar-refractivity contribution in [2.75, 3.05) is 19.5 Å². The van der Waals surface area contributed by atoms with Crippen LogP contribution in [-0.2, 0) is 0 Å². The first kappa shape index (κ1) is 11.1. The zero-order valence-electron chi connectivity index (χ0n) is 7.55. The number of nitrogens with one attached hydrogen (secondary N) is 1. The Labute approximate surface area is 79.3 Å². The van der Waals surface area contributed by atoms with Gasteiger partial charge in [-0.2, -0.15) is 0 Å². The van der Waals surface area contributed by atoms with Crippen molar-refractivity contribution < 1.29 is 4.74 Å². The molecule has 1 N–H and O–H groups in total. The van der Waals surface area contributed by atoms with E-state index in [-0.39, 0.29) is 12.4 Å². The number of halogens is 1. The van der Waals surface area contributed by atoms with E-state index in [1.165, 1.54) is 5.56 Å². The average molecular weight is 188 g/mol. The first-order valence-corrected chi connectivity index (χ1v) is 3.60. The number of hydrogen-bond acceptors (Lipinski definition) is 2.